The molecular formula is C9H12N2O4. The molecule has 6 nitrogen and oxygen atoms in total. The lowest BCUT2D eigenvalue weighted by Crippen LogP contribution is -2.48. The topological polar surface area (TPSA) is 66.9 Å². The number of nitrogens with zero attached hydrogens (tertiary/aromatic N) is 2. The first kappa shape index (κ1) is 10.1. The van der Waals surface area contributed by atoms with Crippen LogP contribution < -0.4 is 0 Å². The third-order valence-electron chi connectivity index (χ3n) is 3.06. The van der Waals surface area contributed by atoms with Crippen molar-refractivity contribution >= 4 is 18.2 Å². The zero-order chi connectivity index (χ0) is 11.1. The Morgan fingerprint density at radius 2 is 2.27 bits per heavy atom. The number of carbonyl (C=O) groups excluding carboxylic acids is 3. The molecule has 0 aromatic heterocycles. The Kier molecular flexibility index (Phi) is 2.22. The predicted octanol–water partition coefficient (Wildman–Crippen LogP) is -0.762. The fourth-order valence-corrected chi connectivity index (χ4v) is 2.07. The lowest BCUT2D eigenvalue weighted by molar-refractivity contribution is -0.134. The molecule has 0 saturated carbocycles. The number of aldehydes is 1. The second kappa shape index (κ2) is 3.30. The standard InChI is InChI=1S/C9H12N2O4/c1-10-8(14)11(3-4-12)7(13)9(10)2-5-15-6-9/h4H,2-3,5-6H2,1H3. The molecule has 6 heteroatoms. The number of likely N-dealkylation sites (N-methyl/N-ethyl adjacent to an activating group) is 1. The van der Waals surface area contributed by atoms with E-state index in [2.05, 4.69) is 0 Å². The minimum absolute atomic E-state index is 0.177. The number of rotatable bonds is 2. The van der Waals surface area contributed by atoms with Crippen LogP contribution in [0.4, 0.5) is 4.79 Å². The van der Waals surface area contributed by atoms with Crippen LogP contribution in [0.5, 0.6) is 0 Å². The van der Waals surface area contributed by atoms with Crippen LogP contribution in [0.1, 0.15) is 6.42 Å². The van der Waals surface area contributed by atoms with Gasteiger partial charge in [-0.3, -0.25) is 9.69 Å². The first-order valence-electron chi connectivity index (χ1n) is 4.74. The van der Waals surface area contributed by atoms with E-state index in [-0.39, 0.29) is 19.1 Å². The third-order valence-corrected chi connectivity index (χ3v) is 3.06. The van der Waals surface area contributed by atoms with Crippen molar-refractivity contribution in [1.29, 1.82) is 0 Å². The van der Waals surface area contributed by atoms with Crippen LogP contribution in [0.3, 0.4) is 0 Å². The highest BCUT2D eigenvalue weighted by Crippen LogP contribution is 2.33. The summed E-state index contributed by atoms with van der Waals surface area (Å²) in [6.07, 6.45) is 1.06. The minimum Gasteiger partial charge on any atom is -0.378 e. The molecule has 1 atom stereocenters. The van der Waals surface area contributed by atoms with Crippen molar-refractivity contribution in [2.45, 2.75) is 12.0 Å². The molecule has 2 aliphatic heterocycles. The van der Waals surface area contributed by atoms with Crippen molar-refractivity contribution in [2.75, 3.05) is 26.8 Å². The molecule has 0 aliphatic carbocycles. The van der Waals surface area contributed by atoms with Crippen LogP contribution in [0.15, 0.2) is 0 Å². The molecule has 2 fully saturated rings. The summed E-state index contributed by atoms with van der Waals surface area (Å²) in [5, 5.41) is 0. The van der Waals surface area contributed by atoms with Crippen LogP contribution in [-0.2, 0) is 14.3 Å². The van der Waals surface area contributed by atoms with Crippen LogP contribution >= 0.6 is 0 Å². The summed E-state index contributed by atoms with van der Waals surface area (Å²) in [4.78, 5) is 36.4. The summed E-state index contributed by atoms with van der Waals surface area (Å²) < 4.78 is 5.17. The minimum atomic E-state index is -0.861. The summed E-state index contributed by atoms with van der Waals surface area (Å²) in [7, 11) is 1.57. The van der Waals surface area contributed by atoms with Gasteiger partial charge in [-0.2, -0.15) is 0 Å². The summed E-state index contributed by atoms with van der Waals surface area (Å²) in [5.74, 6) is -0.320. The van der Waals surface area contributed by atoms with E-state index in [0.29, 0.717) is 19.3 Å². The third kappa shape index (κ3) is 1.18. The van der Waals surface area contributed by atoms with E-state index in [0.717, 1.165) is 4.90 Å². The van der Waals surface area contributed by atoms with Crippen molar-refractivity contribution in [3.05, 3.63) is 0 Å². The molecule has 2 heterocycles. The molecule has 2 saturated heterocycles. The molecule has 0 N–H and O–H groups in total. The number of amides is 3. The Bertz CT molecular complexity index is 322. The van der Waals surface area contributed by atoms with Gasteiger partial charge in [0.25, 0.3) is 5.91 Å². The van der Waals surface area contributed by atoms with Gasteiger partial charge in [-0.05, 0) is 0 Å². The van der Waals surface area contributed by atoms with Crippen LogP contribution in [0.2, 0.25) is 0 Å². The molecule has 1 unspecified atom stereocenters. The van der Waals surface area contributed by atoms with Gasteiger partial charge in [0, 0.05) is 20.1 Å². The lowest BCUT2D eigenvalue weighted by Gasteiger charge is -2.25. The van der Waals surface area contributed by atoms with Crippen molar-refractivity contribution in [3.8, 4) is 0 Å². The van der Waals surface area contributed by atoms with Crippen LogP contribution in [-0.4, -0.2) is 60.4 Å². The molecule has 2 rings (SSSR count). The zero-order valence-electron chi connectivity index (χ0n) is 8.43. The number of carbonyl (C=O) groups is 3. The lowest BCUT2D eigenvalue weighted by atomic mass is 9.97. The highest BCUT2D eigenvalue weighted by Gasteiger charge is 2.57. The first-order valence-corrected chi connectivity index (χ1v) is 4.74. The average molecular weight is 212 g/mol. The van der Waals surface area contributed by atoms with E-state index >= 15 is 0 Å². The van der Waals surface area contributed by atoms with Gasteiger partial charge in [-0.1, -0.05) is 0 Å². The fraction of sp³-hybridized carbons (Fsp3) is 0.667. The Morgan fingerprint density at radius 3 is 2.80 bits per heavy atom. The SMILES string of the molecule is CN1C(=O)N(CC=O)C(=O)C12CCOC2. The van der Waals surface area contributed by atoms with Gasteiger partial charge < -0.3 is 14.4 Å². The van der Waals surface area contributed by atoms with Crippen LogP contribution in [0, 0.1) is 0 Å². The fourth-order valence-electron chi connectivity index (χ4n) is 2.07. The van der Waals surface area contributed by atoms with E-state index in [1.165, 1.54) is 4.90 Å². The van der Waals surface area contributed by atoms with E-state index in [1.807, 2.05) is 0 Å². The van der Waals surface area contributed by atoms with Gasteiger partial charge in [0.2, 0.25) is 0 Å². The van der Waals surface area contributed by atoms with Gasteiger partial charge in [-0.15, -0.1) is 0 Å². The highest BCUT2D eigenvalue weighted by molar-refractivity contribution is 6.08. The number of urea groups is 1. The Labute approximate surface area is 86.8 Å². The molecule has 3 amide bonds. The highest BCUT2D eigenvalue weighted by atomic mass is 16.5. The summed E-state index contributed by atoms with van der Waals surface area (Å²) in [5.41, 5.74) is -0.861. The average Bonchev–Trinajstić information content (AvgIpc) is 2.77. The maximum Gasteiger partial charge on any atom is 0.327 e. The second-order valence-corrected chi connectivity index (χ2v) is 3.76. The molecule has 0 aromatic rings. The smallest absolute Gasteiger partial charge is 0.327 e. The second-order valence-electron chi connectivity index (χ2n) is 3.76. The zero-order valence-corrected chi connectivity index (χ0v) is 8.43. The van der Waals surface area contributed by atoms with E-state index in [1.54, 1.807) is 7.05 Å². The van der Waals surface area contributed by atoms with E-state index in [4.69, 9.17) is 4.74 Å². The molecular weight excluding hydrogens is 200 g/mol. The maximum absolute atomic E-state index is 12.0. The van der Waals surface area contributed by atoms with Gasteiger partial charge >= 0.3 is 6.03 Å². The molecule has 15 heavy (non-hydrogen) atoms. The van der Waals surface area contributed by atoms with E-state index < -0.39 is 11.6 Å². The van der Waals surface area contributed by atoms with Crippen LogP contribution in [0.25, 0.3) is 0 Å². The molecule has 0 radical (unpaired) electrons. The quantitative estimate of drug-likeness (QED) is 0.445. The van der Waals surface area contributed by atoms with Gasteiger partial charge in [0.15, 0.2) is 0 Å². The van der Waals surface area contributed by atoms with E-state index in [9.17, 15) is 14.4 Å². The van der Waals surface area contributed by atoms with Gasteiger partial charge in [0.1, 0.15) is 11.8 Å². The Balaban J connectivity index is 2.32. The molecule has 0 bridgehead atoms. The first-order chi connectivity index (χ1) is 7.13. The van der Waals surface area contributed by atoms with Crippen molar-refractivity contribution < 1.29 is 19.1 Å². The number of ether oxygens (including phenoxy) is 1. The summed E-state index contributed by atoms with van der Waals surface area (Å²) in [6.45, 7) is 0.519. The number of hydrogen-bond acceptors (Lipinski definition) is 4. The summed E-state index contributed by atoms with van der Waals surface area (Å²) >= 11 is 0. The number of imide groups is 1. The predicted molar refractivity (Wildman–Crippen MR) is 49.1 cm³/mol. The van der Waals surface area contributed by atoms with Crippen molar-refractivity contribution in [2.24, 2.45) is 0 Å². The molecule has 82 valence electrons. The molecule has 1 spiro atoms. The molecule has 0 aromatic carbocycles. The summed E-state index contributed by atoms with van der Waals surface area (Å²) in [6, 6.07) is -0.419. The Hall–Kier alpha value is -1.43. The van der Waals surface area contributed by atoms with Crippen molar-refractivity contribution in [3.63, 3.8) is 0 Å². The largest absolute Gasteiger partial charge is 0.378 e. The monoisotopic (exact) mass is 212 g/mol. The van der Waals surface area contributed by atoms with Crippen molar-refractivity contribution in [1.82, 2.24) is 9.80 Å². The molecule has 2 aliphatic rings. The maximum atomic E-state index is 12.0. The number of hydrogen-bond donors (Lipinski definition) is 0. The Morgan fingerprint density at radius 1 is 1.53 bits per heavy atom. The van der Waals surface area contributed by atoms with Gasteiger partial charge in [-0.25, -0.2) is 4.79 Å². The normalized spacial score (nSPS) is 30.7. The van der Waals surface area contributed by atoms with Gasteiger partial charge in [0.05, 0.1) is 13.2 Å².